The molecule has 0 aliphatic rings. The molecule has 0 atom stereocenters. The number of nitrogens with zero attached hydrogens (tertiary/aromatic N) is 2. The average Bonchev–Trinajstić information content (AvgIpc) is 2.73. The molecule has 0 aliphatic heterocycles. The fourth-order valence-electron chi connectivity index (χ4n) is 2.85. The lowest BCUT2D eigenvalue weighted by Crippen LogP contribution is -1.91. The van der Waals surface area contributed by atoms with E-state index >= 15 is 0 Å². The van der Waals surface area contributed by atoms with Gasteiger partial charge in [0.25, 0.3) is 0 Å². The Morgan fingerprint density at radius 1 is 0.552 bits per heavy atom. The molecule has 4 rings (SSSR count). The molecule has 2 heterocycles. The number of benzene rings is 2. The molecule has 144 valence electrons. The normalized spacial score (nSPS) is 10.9. The van der Waals surface area contributed by atoms with E-state index in [9.17, 15) is 0 Å². The third kappa shape index (κ3) is 4.55. The van der Waals surface area contributed by atoms with Crippen LogP contribution in [-0.2, 0) is 0 Å². The molecule has 0 N–H and O–H groups in total. The van der Waals surface area contributed by atoms with Gasteiger partial charge in [-0.25, -0.2) is 9.97 Å². The third-order valence-corrected chi connectivity index (χ3v) is 6.34. The van der Waals surface area contributed by atoms with E-state index in [0.717, 1.165) is 32.3 Å². The van der Waals surface area contributed by atoms with Crippen LogP contribution < -0.4 is 0 Å². The van der Waals surface area contributed by atoms with Gasteiger partial charge in [-0.05, 0) is 60.3 Å². The predicted molar refractivity (Wildman–Crippen MR) is 124 cm³/mol. The van der Waals surface area contributed by atoms with Gasteiger partial charge in [-0.15, -0.1) is 0 Å². The molecule has 29 heavy (non-hydrogen) atoms. The molecule has 0 unspecified atom stereocenters. The highest BCUT2D eigenvalue weighted by atomic mass is 35.5. The standard InChI is InChI=1S/C22H12Cl4N2S/c23-13-5-7-19(25)17(11-13)15-3-1-9-27-21(15)29-22-16(4-2-10-28-22)18-12-14(24)6-8-20(18)26/h1-12H. The summed E-state index contributed by atoms with van der Waals surface area (Å²) in [5.74, 6) is 0. The van der Waals surface area contributed by atoms with Gasteiger partial charge in [0.1, 0.15) is 10.1 Å². The summed E-state index contributed by atoms with van der Waals surface area (Å²) >= 11 is 26.7. The molecular formula is C22H12Cl4N2S. The summed E-state index contributed by atoms with van der Waals surface area (Å²) in [7, 11) is 0. The zero-order valence-corrected chi connectivity index (χ0v) is 18.6. The Hall–Kier alpha value is -1.75. The van der Waals surface area contributed by atoms with E-state index in [1.165, 1.54) is 11.8 Å². The quantitative estimate of drug-likeness (QED) is 0.294. The van der Waals surface area contributed by atoms with Crippen molar-refractivity contribution in [3.63, 3.8) is 0 Å². The first kappa shape index (κ1) is 20.5. The van der Waals surface area contributed by atoms with Crippen molar-refractivity contribution in [3.8, 4) is 22.3 Å². The lowest BCUT2D eigenvalue weighted by Gasteiger charge is -2.13. The second-order valence-corrected chi connectivity index (χ2v) is 8.73. The average molecular weight is 478 g/mol. The lowest BCUT2D eigenvalue weighted by molar-refractivity contribution is 1.10. The fourth-order valence-corrected chi connectivity index (χ4v) is 4.62. The van der Waals surface area contributed by atoms with E-state index in [1.807, 2.05) is 36.4 Å². The molecule has 0 saturated carbocycles. The molecule has 7 heteroatoms. The van der Waals surface area contributed by atoms with E-state index in [2.05, 4.69) is 9.97 Å². The van der Waals surface area contributed by atoms with Crippen LogP contribution in [0.15, 0.2) is 83.1 Å². The Labute approximate surface area is 192 Å². The number of rotatable bonds is 4. The predicted octanol–water partition coefficient (Wildman–Crippen LogP) is 8.58. The molecule has 0 saturated heterocycles. The first-order valence-corrected chi connectivity index (χ1v) is 10.8. The summed E-state index contributed by atoms with van der Waals surface area (Å²) in [5, 5.41) is 3.93. The fraction of sp³-hybridized carbons (Fsp3) is 0. The molecule has 0 spiro atoms. The van der Waals surface area contributed by atoms with E-state index in [4.69, 9.17) is 46.4 Å². The minimum atomic E-state index is 0.600. The molecule has 0 radical (unpaired) electrons. The maximum atomic E-state index is 6.43. The number of aromatic nitrogens is 2. The van der Waals surface area contributed by atoms with Gasteiger partial charge in [-0.2, -0.15) is 0 Å². The van der Waals surface area contributed by atoms with Gasteiger partial charge in [0.05, 0.1) is 0 Å². The van der Waals surface area contributed by atoms with Crippen LogP contribution in [0.25, 0.3) is 22.3 Å². The molecular weight excluding hydrogens is 466 g/mol. The molecule has 0 aliphatic carbocycles. The second-order valence-electron chi connectivity index (χ2n) is 6.06. The van der Waals surface area contributed by atoms with Gasteiger partial charge in [0.2, 0.25) is 0 Å². The first-order valence-electron chi connectivity index (χ1n) is 8.51. The van der Waals surface area contributed by atoms with E-state index in [1.54, 1.807) is 36.7 Å². The Morgan fingerprint density at radius 3 is 1.45 bits per heavy atom. The second kappa shape index (κ2) is 8.95. The van der Waals surface area contributed by atoms with E-state index in [-0.39, 0.29) is 0 Å². The maximum Gasteiger partial charge on any atom is 0.110 e. The highest BCUT2D eigenvalue weighted by Crippen LogP contribution is 2.42. The van der Waals surface area contributed by atoms with Crippen molar-refractivity contribution in [1.29, 1.82) is 0 Å². The smallest absolute Gasteiger partial charge is 0.110 e. The zero-order chi connectivity index (χ0) is 20.4. The Bertz CT molecular complexity index is 1100. The van der Waals surface area contributed by atoms with E-state index < -0.39 is 0 Å². The number of hydrogen-bond donors (Lipinski definition) is 0. The summed E-state index contributed by atoms with van der Waals surface area (Å²) in [5.41, 5.74) is 3.37. The number of hydrogen-bond acceptors (Lipinski definition) is 3. The van der Waals surface area contributed by atoms with Crippen LogP contribution in [0.1, 0.15) is 0 Å². The van der Waals surface area contributed by atoms with Crippen LogP contribution in [0.5, 0.6) is 0 Å². The van der Waals surface area contributed by atoms with Crippen LogP contribution in [0.2, 0.25) is 20.1 Å². The summed E-state index contributed by atoms with van der Waals surface area (Å²) in [6.07, 6.45) is 3.47. The molecule has 4 aromatic rings. The molecule has 2 nitrogen and oxygen atoms in total. The van der Waals surface area contributed by atoms with Crippen molar-refractivity contribution in [2.45, 2.75) is 10.1 Å². The van der Waals surface area contributed by atoms with Crippen LogP contribution in [0.3, 0.4) is 0 Å². The molecule has 0 bridgehead atoms. The van der Waals surface area contributed by atoms with Crippen LogP contribution >= 0.6 is 58.2 Å². The maximum absolute atomic E-state index is 6.43. The van der Waals surface area contributed by atoms with Gasteiger partial charge in [0, 0.05) is 54.7 Å². The zero-order valence-electron chi connectivity index (χ0n) is 14.7. The van der Waals surface area contributed by atoms with Crippen molar-refractivity contribution in [2.24, 2.45) is 0 Å². The largest absolute Gasteiger partial charge is 0.249 e. The summed E-state index contributed by atoms with van der Waals surface area (Å²) in [6.45, 7) is 0. The highest BCUT2D eigenvalue weighted by molar-refractivity contribution is 7.99. The molecule has 0 amide bonds. The van der Waals surface area contributed by atoms with Crippen molar-refractivity contribution in [2.75, 3.05) is 0 Å². The summed E-state index contributed by atoms with van der Waals surface area (Å²) in [4.78, 5) is 9.12. The Balaban J connectivity index is 1.81. The minimum absolute atomic E-state index is 0.600. The number of halogens is 4. The van der Waals surface area contributed by atoms with Gasteiger partial charge in [0.15, 0.2) is 0 Å². The Morgan fingerprint density at radius 2 is 1.00 bits per heavy atom. The number of pyridine rings is 2. The minimum Gasteiger partial charge on any atom is -0.249 e. The SMILES string of the molecule is Clc1ccc(Cl)c(-c2cccnc2Sc2ncccc2-c2cc(Cl)ccc2Cl)c1. The third-order valence-electron chi connectivity index (χ3n) is 4.17. The van der Waals surface area contributed by atoms with Crippen molar-refractivity contribution in [1.82, 2.24) is 9.97 Å². The summed E-state index contributed by atoms with van der Waals surface area (Å²) < 4.78 is 0. The van der Waals surface area contributed by atoms with Crippen molar-refractivity contribution >= 4 is 58.2 Å². The van der Waals surface area contributed by atoms with Gasteiger partial charge < -0.3 is 0 Å². The van der Waals surface area contributed by atoms with E-state index in [0.29, 0.717) is 20.1 Å². The monoisotopic (exact) mass is 476 g/mol. The topological polar surface area (TPSA) is 25.8 Å². The first-order chi connectivity index (χ1) is 14.0. The van der Waals surface area contributed by atoms with Gasteiger partial charge in [-0.1, -0.05) is 58.5 Å². The van der Waals surface area contributed by atoms with Gasteiger partial charge >= 0.3 is 0 Å². The van der Waals surface area contributed by atoms with Crippen molar-refractivity contribution < 1.29 is 0 Å². The Kier molecular flexibility index (Phi) is 6.33. The highest BCUT2D eigenvalue weighted by Gasteiger charge is 2.16. The molecule has 0 fully saturated rings. The lowest BCUT2D eigenvalue weighted by atomic mass is 10.1. The van der Waals surface area contributed by atoms with Crippen molar-refractivity contribution in [3.05, 3.63) is 93.1 Å². The molecule has 2 aromatic carbocycles. The van der Waals surface area contributed by atoms with Crippen LogP contribution in [0, 0.1) is 0 Å². The van der Waals surface area contributed by atoms with Crippen LogP contribution in [0.4, 0.5) is 0 Å². The molecule has 2 aromatic heterocycles. The van der Waals surface area contributed by atoms with Gasteiger partial charge in [-0.3, -0.25) is 0 Å². The van der Waals surface area contributed by atoms with Crippen LogP contribution in [-0.4, -0.2) is 9.97 Å². The summed E-state index contributed by atoms with van der Waals surface area (Å²) in [6, 6.07) is 18.4.